The summed E-state index contributed by atoms with van der Waals surface area (Å²) in [6.45, 7) is 4.33. The topological polar surface area (TPSA) is 79.7 Å². The van der Waals surface area contributed by atoms with Crippen LogP contribution < -0.4 is 0 Å². The second-order valence-corrected chi connectivity index (χ2v) is 4.99. The van der Waals surface area contributed by atoms with E-state index in [9.17, 15) is 9.59 Å². The van der Waals surface area contributed by atoms with Crippen molar-refractivity contribution in [1.82, 2.24) is 9.88 Å². The van der Waals surface area contributed by atoms with E-state index in [1.54, 1.807) is 38.1 Å². The summed E-state index contributed by atoms with van der Waals surface area (Å²) in [6.07, 6.45) is 1.66. The van der Waals surface area contributed by atoms with Crippen LogP contribution in [-0.4, -0.2) is 47.1 Å². The summed E-state index contributed by atoms with van der Waals surface area (Å²) in [7, 11) is 1.56. The van der Waals surface area contributed by atoms with E-state index in [1.165, 1.54) is 0 Å². The largest absolute Gasteiger partial charge is 0.481 e. The Hall–Kier alpha value is -1.95. The first-order valence-electron chi connectivity index (χ1n) is 6.87. The van der Waals surface area contributed by atoms with Crippen LogP contribution in [0.4, 0.5) is 0 Å². The molecule has 0 aliphatic carbocycles. The summed E-state index contributed by atoms with van der Waals surface area (Å²) >= 11 is 0. The quantitative estimate of drug-likeness (QED) is 0.784. The van der Waals surface area contributed by atoms with Gasteiger partial charge in [-0.25, -0.2) is 0 Å². The molecule has 0 spiro atoms. The Morgan fingerprint density at radius 2 is 2.05 bits per heavy atom. The first-order valence-corrected chi connectivity index (χ1v) is 6.87. The van der Waals surface area contributed by atoms with Gasteiger partial charge < -0.3 is 14.7 Å². The normalized spacial score (nSPS) is 13.5. The van der Waals surface area contributed by atoms with Crippen LogP contribution >= 0.6 is 0 Å². The van der Waals surface area contributed by atoms with E-state index in [-0.39, 0.29) is 5.91 Å². The minimum absolute atomic E-state index is 0.201. The van der Waals surface area contributed by atoms with Gasteiger partial charge in [-0.1, -0.05) is 19.9 Å². The summed E-state index contributed by atoms with van der Waals surface area (Å²) in [5, 5.41) is 9.04. The second kappa shape index (κ2) is 8.36. The molecule has 1 aromatic rings. The smallest absolute Gasteiger partial charge is 0.307 e. The first-order chi connectivity index (χ1) is 9.97. The highest BCUT2D eigenvalue weighted by Crippen LogP contribution is 2.16. The van der Waals surface area contributed by atoms with E-state index in [1.807, 2.05) is 12.1 Å². The van der Waals surface area contributed by atoms with Gasteiger partial charge >= 0.3 is 5.97 Å². The van der Waals surface area contributed by atoms with Crippen LogP contribution in [-0.2, 0) is 20.9 Å². The highest BCUT2D eigenvalue weighted by atomic mass is 16.5. The molecule has 0 bridgehead atoms. The van der Waals surface area contributed by atoms with Crippen molar-refractivity contribution >= 4 is 11.9 Å². The lowest BCUT2D eigenvalue weighted by Gasteiger charge is -2.27. The molecule has 0 aliphatic rings. The van der Waals surface area contributed by atoms with Crippen molar-refractivity contribution in [2.45, 2.75) is 20.4 Å². The molecule has 21 heavy (non-hydrogen) atoms. The van der Waals surface area contributed by atoms with Gasteiger partial charge in [0.25, 0.3) is 0 Å². The molecule has 0 aromatic carbocycles. The second-order valence-electron chi connectivity index (χ2n) is 4.99. The Balaban J connectivity index is 2.81. The van der Waals surface area contributed by atoms with Gasteiger partial charge in [0.2, 0.25) is 5.91 Å². The molecule has 2 unspecified atom stereocenters. The Labute approximate surface area is 124 Å². The van der Waals surface area contributed by atoms with Crippen molar-refractivity contribution in [2.24, 2.45) is 11.8 Å². The maximum atomic E-state index is 12.5. The number of ether oxygens (including phenoxy) is 1. The lowest BCUT2D eigenvalue weighted by Crippen LogP contribution is -2.40. The lowest BCUT2D eigenvalue weighted by atomic mass is 9.94. The van der Waals surface area contributed by atoms with Gasteiger partial charge in [-0.3, -0.25) is 14.6 Å². The lowest BCUT2D eigenvalue weighted by molar-refractivity contribution is -0.149. The van der Waals surface area contributed by atoms with Gasteiger partial charge in [0.1, 0.15) is 0 Å². The van der Waals surface area contributed by atoms with E-state index in [0.29, 0.717) is 19.7 Å². The van der Waals surface area contributed by atoms with Crippen molar-refractivity contribution in [3.63, 3.8) is 0 Å². The number of amides is 1. The van der Waals surface area contributed by atoms with Crippen molar-refractivity contribution in [3.8, 4) is 0 Å². The number of nitrogens with zero attached hydrogens (tertiary/aromatic N) is 2. The number of hydrogen-bond donors (Lipinski definition) is 1. The third-order valence-electron chi connectivity index (χ3n) is 3.49. The molecule has 1 rings (SSSR count). The molecule has 0 saturated heterocycles. The number of aliphatic carboxylic acids is 1. The highest BCUT2D eigenvalue weighted by molar-refractivity contribution is 5.84. The van der Waals surface area contributed by atoms with Crippen molar-refractivity contribution < 1.29 is 19.4 Å². The Kier molecular flexibility index (Phi) is 6.81. The Morgan fingerprint density at radius 3 is 2.57 bits per heavy atom. The monoisotopic (exact) mass is 294 g/mol. The van der Waals surface area contributed by atoms with E-state index in [2.05, 4.69) is 4.98 Å². The summed E-state index contributed by atoms with van der Waals surface area (Å²) in [6, 6.07) is 5.49. The predicted octanol–water partition coefficient (Wildman–Crippen LogP) is 1.41. The summed E-state index contributed by atoms with van der Waals surface area (Å²) in [5.41, 5.74) is 0.761. The fraction of sp³-hybridized carbons (Fsp3) is 0.533. The molecule has 6 nitrogen and oxygen atoms in total. The van der Waals surface area contributed by atoms with E-state index in [4.69, 9.17) is 9.84 Å². The number of carboxylic acids is 1. The van der Waals surface area contributed by atoms with Gasteiger partial charge in [-0.2, -0.15) is 0 Å². The fourth-order valence-electron chi connectivity index (χ4n) is 1.87. The van der Waals surface area contributed by atoms with Crippen LogP contribution in [0.1, 0.15) is 19.5 Å². The van der Waals surface area contributed by atoms with Crippen LogP contribution in [0.25, 0.3) is 0 Å². The van der Waals surface area contributed by atoms with Crippen molar-refractivity contribution in [1.29, 1.82) is 0 Å². The number of methoxy groups -OCH3 is 1. The maximum Gasteiger partial charge on any atom is 0.307 e. The minimum Gasteiger partial charge on any atom is -0.481 e. The number of rotatable bonds is 8. The van der Waals surface area contributed by atoms with E-state index >= 15 is 0 Å². The Morgan fingerprint density at radius 1 is 1.33 bits per heavy atom. The van der Waals surface area contributed by atoms with E-state index < -0.39 is 17.8 Å². The number of carbonyl (C=O) groups excluding carboxylic acids is 1. The molecule has 0 radical (unpaired) electrons. The zero-order chi connectivity index (χ0) is 15.8. The van der Waals surface area contributed by atoms with Crippen molar-refractivity contribution in [3.05, 3.63) is 30.1 Å². The van der Waals surface area contributed by atoms with Crippen LogP contribution in [0, 0.1) is 11.8 Å². The minimum atomic E-state index is -0.972. The molecule has 6 heteroatoms. The van der Waals surface area contributed by atoms with E-state index in [0.717, 1.165) is 5.69 Å². The van der Waals surface area contributed by atoms with Gasteiger partial charge in [-0.15, -0.1) is 0 Å². The third kappa shape index (κ3) is 5.15. The molecule has 0 aliphatic heterocycles. The SMILES string of the molecule is COCCN(Cc1ccccn1)C(=O)C(C)C(C)C(=O)O. The molecular formula is C15H22N2O4. The molecule has 1 amide bonds. The predicted molar refractivity (Wildman–Crippen MR) is 77.5 cm³/mol. The fourth-order valence-corrected chi connectivity index (χ4v) is 1.87. The van der Waals surface area contributed by atoms with Gasteiger partial charge in [0.15, 0.2) is 0 Å². The summed E-state index contributed by atoms with van der Waals surface area (Å²) < 4.78 is 5.02. The van der Waals surface area contributed by atoms with Crippen LogP contribution in [0.5, 0.6) is 0 Å². The number of hydrogen-bond acceptors (Lipinski definition) is 4. The van der Waals surface area contributed by atoms with Gasteiger partial charge in [0, 0.05) is 25.8 Å². The molecule has 0 saturated carbocycles. The maximum absolute atomic E-state index is 12.5. The first kappa shape index (κ1) is 17.1. The molecule has 1 heterocycles. The van der Waals surface area contributed by atoms with Gasteiger partial charge in [0.05, 0.1) is 24.8 Å². The Bertz CT molecular complexity index is 464. The number of carbonyl (C=O) groups is 2. The average molecular weight is 294 g/mol. The van der Waals surface area contributed by atoms with Crippen LogP contribution in [0.2, 0.25) is 0 Å². The highest BCUT2D eigenvalue weighted by Gasteiger charge is 2.29. The summed E-state index contributed by atoms with van der Waals surface area (Å²) in [4.78, 5) is 29.3. The molecule has 1 aromatic heterocycles. The molecule has 116 valence electrons. The third-order valence-corrected chi connectivity index (χ3v) is 3.49. The van der Waals surface area contributed by atoms with Gasteiger partial charge in [-0.05, 0) is 12.1 Å². The van der Waals surface area contributed by atoms with Crippen LogP contribution in [0.15, 0.2) is 24.4 Å². The molecule has 0 fully saturated rings. The number of pyridine rings is 1. The zero-order valence-electron chi connectivity index (χ0n) is 12.7. The average Bonchev–Trinajstić information content (AvgIpc) is 2.50. The molecule has 2 atom stereocenters. The van der Waals surface area contributed by atoms with Crippen LogP contribution in [0.3, 0.4) is 0 Å². The number of aromatic nitrogens is 1. The number of carboxylic acid groups (broad SMARTS) is 1. The molecule has 1 N–H and O–H groups in total. The summed E-state index contributed by atoms with van der Waals surface area (Å²) in [5.74, 6) is -2.50. The van der Waals surface area contributed by atoms with Crippen molar-refractivity contribution in [2.75, 3.05) is 20.3 Å². The zero-order valence-corrected chi connectivity index (χ0v) is 12.7. The standard InChI is InChI=1S/C15H22N2O4/c1-11(12(2)15(19)20)14(18)17(8-9-21-3)10-13-6-4-5-7-16-13/h4-7,11-12H,8-10H2,1-3H3,(H,19,20). The molecular weight excluding hydrogens is 272 g/mol.